The molecule has 0 bridgehead atoms. The SMILES string of the molecule is CCn1nc(CC(C)(CBr)C(C)C)c2ccccc21. The molecule has 0 radical (unpaired) electrons. The topological polar surface area (TPSA) is 17.8 Å². The number of para-hydroxylation sites is 1. The van der Waals surface area contributed by atoms with Crippen LogP contribution in [0.25, 0.3) is 10.9 Å². The van der Waals surface area contributed by atoms with E-state index in [9.17, 15) is 0 Å². The number of fused-ring (bicyclic) bond motifs is 1. The summed E-state index contributed by atoms with van der Waals surface area (Å²) in [5.41, 5.74) is 2.73. The Kier molecular flexibility index (Phi) is 4.34. The third-order valence-electron chi connectivity index (χ3n) is 4.30. The zero-order chi connectivity index (χ0) is 14.0. The molecule has 1 aromatic carbocycles. The molecule has 0 saturated carbocycles. The maximum absolute atomic E-state index is 4.82. The minimum atomic E-state index is 0.246. The summed E-state index contributed by atoms with van der Waals surface area (Å²) < 4.78 is 2.11. The number of alkyl halides is 1. The Balaban J connectivity index is 2.46. The lowest BCUT2D eigenvalue weighted by atomic mass is 9.77. The second kappa shape index (κ2) is 5.66. The number of aryl methyl sites for hydroxylation is 1. The van der Waals surface area contributed by atoms with Crippen molar-refractivity contribution < 1.29 is 0 Å². The van der Waals surface area contributed by atoms with Crippen molar-refractivity contribution >= 4 is 26.8 Å². The zero-order valence-electron chi connectivity index (χ0n) is 12.3. The summed E-state index contributed by atoms with van der Waals surface area (Å²) in [6, 6.07) is 8.55. The van der Waals surface area contributed by atoms with Crippen LogP contribution in [0.1, 0.15) is 33.4 Å². The number of rotatable bonds is 5. The van der Waals surface area contributed by atoms with E-state index in [4.69, 9.17) is 5.10 Å². The highest BCUT2D eigenvalue weighted by atomic mass is 79.9. The molecule has 2 aromatic rings. The second-order valence-electron chi connectivity index (χ2n) is 5.90. The predicted octanol–water partition coefficient (Wildman–Crippen LogP) is 4.66. The first-order valence-electron chi connectivity index (χ1n) is 7.02. The molecule has 2 nitrogen and oxygen atoms in total. The van der Waals surface area contributed by atoms with Gasteiger partial charge in [0.15, 0.2) is 0 Å². The largest absolute Gasteiger partial charge is 0.265 e. The van der Waals surface area contributed by atoms with Gasteiger partial charge in [-0.25, -0.2) is 0 Å². The fourth-order valence-electron chi connectivity index (χ4n) is 2.36. The van der Waals surface area contributed by atoms with Crippen LogP contribution in [0.5, 0.6) is 0 Å². The summed E-state index contributed by atoms with van der Waals surface area (Å²) in [6.07, 6.45) is 1.02. The van der Waals surface area contributed by atoms with Crippen molar-refractivity contribution in [2.24, 2.45) is 11.3 Å². The normalized spacial score (nSPS) is 15.1. The molecule has 0 N–H and O–H groups in total. The van der Waals surface area contributed by atoms with Crippen molar-refractivity contribution in [3.63, 3.8) is 0 Å². The number of hydrogen-bond donors (Lipinski definition) is 0. The molecule has 104 valence electrons. The minimum Gasteiger partial charge on any atom is -0.265 e. The van der Waals surface area contributed by atoms with Crippen LogP contribution in [0.4, 0.5) is 0 Å². The van der Waals surface area contributed by atoms with Gasteiger partial charge in [0.25, 0.3) is 0 Å². The Labute approximate surface area is 124 Å². The van der Waals surface area contributed by atoms with Gasteiger partial charge in [0.05, 0.1) is 11.2 Å². The molecule has 2 rings (SSSR count). The Bertz CT molecular complexity index is 559. The van der Waals surface area contributed by atoms with Crippen LogP contribution in [-0.4, -0.2) is 15.1 Å². The molecule has 3 heteroatoms. The van der Waals surface area contributed by atoms with Crippen molar-refractivity contribution in [1.82, 2.24) is 9.78 Å². The number of aromatic nitrogens is 2. The minimum absolute atomic E-state index is 0.246. The number of halogens is 1. The van der Waals surface area contributed by atoms with Crippen LogP contribution in [0, 0.1) is 11.3 Å². The molecule has 0 aliphatic heterocycles. The molecule has 0 aliphatic rings. The molecule has 0 aliphatic carbocycles. The molecule has 0 fully saturated rings. The van der Waals surface area contributed by atoms with Gasteiger partial charge in [-0.1, -0.05) is 54.9 Å². The standard InChI is InChI=1S/C16H23BrN2/c1-5-19-15-9-7-6-8-13(15)14(18-19)10-16(4,11-17)12(2)3/h6-9,12H,5,10-11H2,1-4H3. The Hall–Kier alpha value is -0.830. The summed E-state index contributed by atoms with van der Waals surface area (Å²) >= 11 is 3.68. The van der Waals surface area contributed by atoms with Crippen molar-refractivity contribution in [3.05, 3.63) is 30.0 Å². The van der Waals surface area contributed by atoms with Gasteiger partial charge in [0, 0.05) is 17.3 Å². The summed E-state index contributed by atoms with van der Waals surface area (Å²) in [5.74, 6) is 0.623. The van der Waals surface area contributed by atoms with Gasteiger partial charge in [-0.05, 0) is 30.7 Å². The van der Waals surface area contributed by atoms with Crippen molar-refractivity contribution in [2.45, 2.75) is 40.7 Å². The number of benzene rings is 1. The summed E-state index contributed by atoms with van der Waals surface area (Å²) in [5, 5.41) is 7.13. The fourth-order valence-corrected chi connectivity index (χ4v) is 3.20. The van der Waals surface area contributed by atoms with E-state index in [0.717, 1.165) is 18.3 Å². The van der Waals surface area contributed by atoms with Crippen LogP contribution < -0.4 is 0 Å². The first-order chi connectivity index (χ1) is 9.01. The third-order valence-corrected chi connectivity index (χ3v) is 5.59. The molecular formula is C16H23BrN2. The summed E-state index contributed by atoms with van der Waals surface area (Å²) in [6.45, 7) is 10.00. The molecule has 1 heterocycles. The second-order valence-corrected chi connectivity index (χ2v) is 6.46. The molecule has 1 unspecified atom stereocenters. The van der Waals surface area contributed by atoms with Gasteiger partial charge >= 0.3 is 0 Å². The lowest BCUT2D eigenvalue weighted by Crippen LogP contribution is -2.28. The average Bonchev–Trinajstić information content (AvgIpc) is 2.76. The Morgan fingerprint density at radius 3 is 2.58 bits per heavy atom. The smallest absolute Gasteiger partial charge is 0.0709 e. The van der Waals surface area contributed by atoms with E-state index in [0.29, 0.717) is 5.92 Å². The van der Waals surface area contributed by atoms with E-state index in [-0.39, 0.29) is 5.41 Å². The molecule has 0 amide bonds. The maximum Gasteiger partial charge on any atom is 0.0709 e. The molecule has 1 aromatic heterocycles. The van der Waals surface area contributed by atoms with E-state index in [1.807, 2.05) is 0 Å². The lowest BCUT2D eigenvalue weighted by molar-refractivity contribution is 0.255. The highest BCUT2D eigenvalue weighted by Gasteiger charge is 2.29. The molecule has 0 saturated heterocycles. The van der Waals surface area contributed by atoms with Gasteiger partial charge < -0.3 is 0 Å². The highest BCUT2D eigenvalue weighted by Crippen LogP contribution is 2.34. The zero-order valence-corrected chi connectivity index (χ0v) is 13.9. The maximum atomic E-state index is 4.82. The molecule has 0 spiro atoms. The average molecular weight is 323 g/mol. The predicted molar refractivity (Wildman–Crippen MR) is 85.9 cm³/mol. The van der Waals surface area contributed by atoms with Crippen molar-refractivity contribution in [2.75, 3.05) is 5.33 Å². The van der Waals surface area contributed by atoms with E-state index < -0.39 is 0 Å². The van der Waals surface area contributed by atoms with Crippen LogP contribution in [0.15, 0.2) is 24.3 Å². The first-order valence-corrected chi connectivity index (χ1v) is 8.14. The monoisotopic (exact) mass is 322 g/mol. The van der Waals surface area contributed by atoms with Gasteiger partial charge in [-0.15, -0.1) is 0 Å². The van der Waals surface area contributed by atoms with E-state index in [1.54, 1.807) is 0 Å². The van der Waals surface area contributed by atoms with E-state index in [1.165, 1.54) is 16.6 Å². The third kappa shape index (κ3) is 2.71. The Morgan fingerprint density at radius 1 is 1.32 bits per heavy atom. The Morgan fingerprint density at radius 2 is 2.00 bits per heavy atom. The molecule has 1 atom stereocenters. The molecule has 19 heavy (non-hydrogen) atoms. The first kappa shape index (κ1) is 14.6. The van der Waals surface area contributed by atoms with Crippen LogP contribution >= 0.6 is 15.9 Å². The quantitative estimate of drug-likeness (QED) is 0.732. The van der Waals surface area contributed by atoms with Gasteiger partial charge in [-0.3, -0.25) is 4.68 Å². The highest BCUT2D eigenvalue weighted by molar-refractivity contribution is 9.09. The van der Waals surface area contributed by atoms with E-state index >= 15 is 0 Å². The van der Waals surface area contributed by atoms with Gasteiger partial charge in [0.2, 0.25) is 0 Å². The molecular weight excluding hydrogens is 300 g/mol. The van der Waals surface area contributed by atoms with Gasteiger partial charge in [-0.2, -0.15) is 5.10 Å². The lowest BCUT2D eigenvalue weighted by Gasteiger charge is -2.31. The number of hydrogen-bond acceptors (Lipinski definition) is 1. The van der Waals surface area contributed by atoms with Crippen LogP contribution in [0.2, 0.25) is 0 Å². The van der Waals surface area contributed by atoms with E-state index in [2.05, 4.69) is 72.6 Å². The summed E-state index contributed by atoms with van der Waals surface area (Å²) in [4.78, 5) is 0. The number of nitrogens with zero attached hydrogens (tertiary/aromatic N) is 2. The van der Waals surface area contributed by atoms with Crippen LogP contribution in [-0.2, 0) is 13.0 Å². The van der Waals surface area contributed by atoms with Crippen LogP contribution in [0.3, 0.4) is 0 Å². The summed E-state index contributed by atoms with van der Waals surface area (Å²) in [7, 11) is 0. The van der Waals surface area contributed by atoms with Gasteiger partial charge in [0.1, 0.15) is 0 Å². The van der Waals surface area contributed by atoms with Crippen molar-refractivity contribution in [1.29, 1.82) is 0 Å². The fraction of sp³-hybridized carbons (Fsp3) is 0.562. The van der Waals surface area contributed by atoms with Crippen molar-refractivity contribution in [3.8, 4) is 0 Å².